The average molecular weight is 411 g/mol. The van der Waals surface area contributed by atoms with Crippen molar-refractivity contribution in [2.45, 2.75) is 25.7 Å². The van der Waals surface area contributed by atoms with Gasteiger partial charge in [0.15, 0.2) is 0 Å². The third-order valence-electron chi connectivity index (χ3n) is 5.56. The number of benzene rings is 3. The van der Waals surface area contributed by atoms with Crippen LogP contribution >= 0.6 is 11.3 Å². The lowest BCUT2D eigenvalue weighted by Crippen LogP contribution is -2.14. The number of amides is 1. The number of para-hydroxylation sites is 1. The monoisotopic (exact) mass is 410 g/mol. The lowest BCUT2D eigenvalue weighted by molar-refractivity contribution is 0.102. The number of hydrogen-bond donors (Lipinski definition) is 1. The Bertz CT molecular complexity index is 1240. The number of anilines is 1. The molecule has 0 fully saturated rings. The van der Waals surface area contributed by atoms with E-state index in [9.17, 15) is 4.79 Å². The molecule has 30 heavy (non-hydrogen) atoms. The van der Waals surface area contributed by atoms with Gasteiger partial charge in [-0.3, -0.25) is 4.79 Å². The van der Waals surface area contributed by atoms with Crippen LogP contribution in [0.2, 0.25) is 0 Å². The second-order valence-electron chi connectivity index (χ2n) is 7.54. The minimum Gasteiger partial charge on any atom is -0.322 e. The lowest BCUT2D eigenvalue weighted by atomic mass is 9.95. The zero-order chi connectivity index (χ0) is 20.3. The fourth-order valence-corrected chi connectivity index (χ4v) is 5.31. The van der Waals surface area contributed by atoms with Gasteiger partial charge in [0.2, 0.25) is 0 Å². The van der Waals surface area contributed by atoms with Crippen molar-refractivity contribution >= 4 is 44.9 Å². The molecule has 1 amide bonds. The molecule has 1 heterocycles. The van der Waals surface area contributed by atoms with E-state index in [1.807, 2.05) is 54.7 Å². The first kappa shape index (κ1) is 18.8. The van der Waals surface area contributed by atoms with Gasteiger partial charge in [-0.1, -0.05) is 60.7 Å². The second-order valence-corrected chi connectivity index (χ2v) is 8.62. The average Bonchev–Trinajstić information content (AvgIpc) is 3.17. The van der Waals surface area contributed by atoms with Gasteiger partial charge in [-0.2, -0.15) is 0 Å². The van der Waals surface area contributed by atoms with E-state index < -0.39 is 0 Å². The second kappa shape index (κ2) is 8.25. The smallest absolute Gasteiger partial charge is 0.259 e. The molecule has 1 aliphatic rings. The van der Waals surface area contributed by atoms with E-state index in [2.05, 4.69) is 29.6 Å². The predicted molar refractivity (Wildman–Crippen MR) is 127 cm³/mol. The molecule has 0 aliphatic heterocycles. The summed E-state index contributed by atoms with van der Waals surface area (Å²) in [5, 5.41) is 6.22. The molecule has 0 radical (unpaired) electrons. The summed E-state index contributed by atoms with van der Waals surface area (Å²) in [6.07, 6.45) is 6.20. The summed E-state index contributed by atoms with van der Waals surface area (Å²) in [6, 6.07) is 24.2. The first-order valence-electron chi connectivity index (χ1n) is 10.3. The van der Waals surface area contributed by atoms with Crippen molar-refractivity contribution in [3.63, 3.8) is 0 Å². The Balaban J connectivity index is 1.54. The Kier molecular flexibility index (Phi) is 5.16. The highest BCUT2D eigenvalue weighted by atomic mass is 32.1. The molecule has 0 saturated heterocycles. The van der Waals surface area contributed by atoms with Crippen LogP contribution in [0.1, 0.15) is 39.2 Å². The quantitative estimate of drug-likeness (QED) is 0.370. The highest BCUT2D eigenvalue weighted by Crippen LogP contribution is 2.40. The highest BCUT2D eigenvalue weighted by molar-refractivity contribution is 7.16. The topological polar surface area (TPSA) is 41.5 Å². The molecule has 4 aromatic rings. The SMILES string of the molecule is O=C(Nc1ccccc1)c1c(N=Cc2cccc3ccccc23)sc2c1CCCC2. The number of carbonyl (C=O) groups is 1. The van der Waals surface area contributed by atoms with Crippen molar-refractivity contribution in [3.05, 3.63) is 94.4 Å². The van der Waals surface area contributed by atoms with E-state index >= 15 is 0 Å². The Morgan fingerprint density at radius 3 is 2.57 bits per heavy atom. The van der Waals surface area contributed by atoms with Crippen LogP contribution in [0.15, 0.2) is 77.8 Å². The standard InChI is InChI=1S/C26H22N2OS/c29-25(28-20-12-2-1-3-13-20)24-22-15-6-7-16-23(22)30-26(24)27-17-19-11-8-10-18-9-4-5-14-21(18)19/h1-5,8-14,17H,6-7,15-16H2,(H,28,29). The van der Waals surface area contributed by atoms with E-state index in [1.165, 1.54) is 27.6 Å². The maximum absolute atomic E-state index is 13.2. The van der Waals surface area contributed by atoms with Crippen molar-refractivity contribution in [2.24, 2.45) is 4.99 Å². The van der Waals surface area contributed by atoms with Crippen molar-refractivity contribution in [1.29, 1.82) is 0 Å². The van der Waals surface area contributed by atoms with Gasteiger partial charge in [0.1, 0.15) is 5.00 Å². The molecule has 0 saturated carbocycles. The van der Waals surface area contributed by atoms with Crippen LogP contribution in [-0.4, -0.2) is 12.1 Å². The molecule has 5 rings (SSSR count). The van der Waals surface area contributed by atoms with Crippen LogP contribution in [0.4, 0.5) is 10.7 Å². The maximum Gasteiger partial charge on any atom is 0.259 e. The van der Waals surface area contributed by atoms with Crippen LogP contribution in [0, 0.1) is 0 Å². The van der Waals surface area contributed by atoms with Gasteiger partial charge in [-0.15, -0.1) is 11.3 Å². The van der Waals surface area contributed by atoms with Gasteiger partial charge < -0.3 is 5.32 Å². The third-order valence-corrected chi connectivity index (χ3v) is 6.76. The zero-order valence-corrected chi connectivity index (χ0v) is 17.4. The summed E-state index contributed by atoms with van der Waals surface area (Å²) < 4.78 is 0. The van der Waals surface area contributed by atoms with Gasteiger partial charge in [-0.25, -0.2) is 4.99 Å². The molecule has 4 heteroatoms. The molecule has 148 valence electrons. The Hall–Kier alpha value is -3.24. The molecular formula is C26H22N2OS. The zero-order valence-electron chi connectivity index (χ0n) is 16.6. The van der Waals surface area contributed by atoms with Crippen LogP contribution in [0.5, 0.6) is 0 Å². The molecule has 0 bridgehead atoms. The summed E-state index contributed by atoms with van der Waals surface area (Å²) >= 11 is 1.67. The molecule has 1 aliphatic carbocycles. The highest BCUT2D eigenvalue weighted by Gasteiger charge is 2.25. The van der Waals surface area contributed by atoms with E-state index in [1.54, 1.807) is 11.3 Å². The van der Waals surface area contributed by atoms with Crippen molar-refractivity contribution < 1.29 is 4.79 Å². The summed E-state index contributed by atoms with van der Waals surface area (Å²) in [7, 11) is 0. The number of hydrogen-bond acceptors (Lipinski definition) is 3. The minimum absolute atomic E-state index is 0.0642. The molecule has 0 spiro atoms. The minimum atomic E-state index is -0.0642. The Labute approximate surface area is 180 Å². The van der Waals surface area contributed by atoms with Crippen molar-refractivity contribution in [2.75, 3.05) is 5.32 Å². The van der Waals surface area contributed by atoms with E-state index in [0.29, 0.717) is 0 Å². The molecule has 3 nitrogen and oxygen atoms in total. The number of fused-ring (bicyclic) bond motifs is 2. The number of rotatable bonds is 4. The normalized spacial score (nSPS) is 13.5. The lowest BCUT2D eigenvalue weighted by Gasteiger charge is -2.12. The van der Waals surface area contributed by atoms with Gasteiger partial charge >= 0.3 is 0 Å². The number of thiophene rings is 1. The van der Waals surface area contributed by atoms with Crippen LogP contribution in [-0.2, 0) is 12.8 Å². The number of aliphatic imine (C=N–C) groups is 1. The van der Waals surface area contributed by atoms with Gasteiger partial charge in [0.05, 0.1) is 5.56 Å². The predicted octanol–water partition coefficient (Wildman–Crippen LogP) is 6.78. The molecule has 0 unspecified atom stereocenters. The van der Waals surface area contributed by atoms with Crippen molar-refractivity contribution in [1.82, 2.24) is 0 Å². The largest absolute Gasteiger partial charge is 0.322 e. The van der Waals surface area contributed by atoms with Gasteiger partial charge in [-0.05, 0) is 54.2 Å². The number of nitrogens with one attached hydrogen (secondary N) is 1. The molecule has 1 aromatic heterocycles. The van der Waals surface area contributed by atoms with Crippen LogP contribution in [0.25, 0.3) is 10.8 Å². The molecule has 3 aromatic carbocycles. The summed E-state index contributed by atoms with van der Waals surface area (Å²) in [6.45, 7) is 0. The van der Waals surface area contributed by atoms with Gasteiger partial charge in [0, 0.05) is 22.3 Å². The molecular weight excluding hydrogens is 388 g/mol. The van der Waals surface area contributed by atoms with Crippen LogP contribution < -0.4 is 5.32 Å². The Morgan fingerprint density at radius 2 is 1.67 bits per heavy atom. The number of nitrogens with zero attached hydrogens (tertiary/aromatic N) is 1. The first-order chi connectivity index (χ1) is 14.8. The molecule has 0 atom stereocenters. The molecule has 1 N–H and O–H groups in total. The summed E-state index contributed by atoms with van der Waals surface area (Å²) in [4.78, 5) is 19.4. The fraction of sp³-hybridized carbons (Fsp3) is 0.154. The summed E-state index contributed by atoms with van der Waals surface area (Å²) in [5.74, 6) is -0.0642. The fourth-order valence-electron chi connectivity index (χ4n) is 4.08. The number of aryl methyl sites for hydroxylation is 1. The van der Waals surface area contributed by atoms with E-state index in [0.717, 1.165) is 41.1 Å². The van der Waals surface area contributed by atoms with E-state index in [4.69, 9.17) is 4.99 Å². The van der Waals surface area contributed by atoms with E-state index in [-0.39, 0.29) is 5.91 Å². The van der Waals surface area contributed by atoms with Crippen LogP contribution in [0.3, 0.4) is 0 Å². The third kappa shape index (κ3) is 3.66. The summed E-state index contributed by atoms with van der Waals surface area (Å²) in [5.41, 5.74) is 3.80. The van der Waals surface area contributed by atoms with Crippen molar-refractivity contribution in [3.8, 4) is 0 Å². The van der Waals surface area contributed by atoms with Gasteiger partial charge in [0.25, 0.3) is 5.91 Å². The number of carbonyl (C=O) groups excluding carboxylic acids is 1. The Morgan fingerprint density at radius 1 is 0.900 bits per heavy atom. The maximum atomic E-state index is 13.2. The first-order valence-corrected chi connectivity index (χ1v) is 11.1.